The number of carbonyl (C=O) groups is 1. The van der Waals surface area contributed by atoms with Gasteiger partial charge in [0.2, 0.25) is 0 Å². The SMILES string of the molecule is N#CC(C#N)=C1c2ccccc2C(=C(C#N)C#N)C1C(=O)O. The molecule has 1 aromatic carbocycles. The molecule has 0 atom stereocenters. The van der Waals surface area contributed by atoms with Gasteiger partial charge in [0.25, 0.3) is 0 Å². The quantitative estimate of drug-likeness (QED) is 0.785. The van der Waals surface area contributed by atoms with Gasteiger partial charge < -0.3 is 5.11 Å². The van der Waals surface area contributed by atoms with Crippen LogP contribution in [0.4, 0.5) is 0 Å². The summed E-state index contributed by atoms with van der Waals surface area (Å²) in [6, 6.07) is 13.1. The summed E-state index contributed by atoms with van der Waals surface area (Å²) in [4.78, 5) is 11.7. The van der Waals surface area contributed by atoms with Gasteiger partial charge in [-0.05, 0) is 11.1 Å². The predicted molar refractivity (Wildman–Crippen MR) is 73.9 cm³/mol. The van der Waals surface area contributed by atoms with Gasteiger partial charge in [0.15, 0.2) is 0 Å². The average molecular weight is 286 g/mol. The molecule has 0 saturated heterocycles. The van der Waals surface area contributed by atoms with Crippen LogP contribution < -0.4 is 0 Å². The first kappa shape index (κ1) is 14.5. The van der Waals surface area contributed by atoms with Gasteiger partial charge in [-0.25, -0.2) is 0 Å². The number of hydrogen-bond acceptors (Lipinski definition) is 5. The van der Waals surface area contributed by atoms with E-state index >= 15 is 0 Å². The third-order valence-corrected chi connectivity index (χ3v) is 3.32. The zero-order valence-electron chi connectivity index (χ0n) is 11.0. The Hall–Kier alpha value is -3.87. The zero-order chi connectivity index (χ0) is 16.3. The normalized spacial score (nSPS) is 12.4. The van der Waals surface area contributed by atoms with Crippen molar-refractivity contribution in [1.29, 1.82) is 21.0 Å². The molecule has 22 heavy (non-hydrogen) atoms. The van der Waals surface area contributed by atoms with Crippen molar-refractivity contribution in [3.05, 3.63) is 46.5 Å². The number of carboxylic acid groups (broad SMARTS) is 1. The van der Waals surface area contributed by atoms with Crippen LogP contribution >= 0.6 is 0 Å². The van der Waals surface area contributed by atoms with Crippen LogP contribution in [0.5, 0.6) is 0 Å². The second kappa shape index (κ2) is 5.63. The summed E-state index contributed by atoms with van der Waals surface area (Å²) in [5, 5.41) is 45.8. The van der Waals surface area contributed by atoms with Gasteiger partial charge in [0.05, 0.1) is 0 Å². The van der Waals surface area contributed by atoms with Crippen molar-refractivity contribution in [2.24, 2.45) is 5.92 Å². The lowest BCUT2D eigenvalue weighted by molar-refractivity contribution is -0.137. The second-order valence-corrected chi connectivity index (χ2v) is 4.34. The van der Waals surface area contributed by atoms with Gasteiger partial charge in [-0.1, -0.05) is 24.3 Å². The van der Waals surface area contributed by atoms with E-state index < -0.39 is 11.9 Å². The maximum absolute atomic E-state index is 11.7. The summed E-state index contributed by atoms with van der Waals surface area (Å²) in [6.07, 6.45) is 0. The van der Waals surface area contributed by atoms with E-state index in [0.29, 0.717) is 11.1 Å². The fourth-order valence-corrected chi connectivity index (χ4v) is 2.50. The first-order valence-electron chi connectivity index (χ1n) is 6.02. The summed E-state index contributed by atoms with van der Waals surface area (Å²) < 4.78 is 0. The molecular formula is C16H6N4O2. The molecule has 1 aliphatic carbocycles. The molecule has 0 aromatic heterocycles. The lowest BCUT2D eigenvalue weighted by atomic mass is 9.90. The standard InChI is InChI=1S/C16H6N4O2/c17-5-9(6-18)13-11-3-1-2-4-12(11)14(10(7-19)8-20)15(13)16(21)22/h1-4,15H,(H,21,22). The molecule has 0 spiro atoms. The van der Waals surface area contributed by atoms with Crippen molar-refractivity contribution < 1.29 is 9.90 Å². The van der Waals surface area contributed by atoms with Gasteiger partial charge in [0.1, 0.15) is 41.3 Å². The van der Waals surface area contributed by atoms with E-state index in [2.05, 4.69) is 0 Å². The Morgan fingerprint density at radius 1 is 0.864 bits per heavy atom. The molecule has 0 heterocycles. The smallest absolute Gasteiger partial charge is 0.315 e. The van der Waals surface area contributed by atoms with E-state index in [1.165, 1.54) is 0 Å². The average Bonchev–Trinajstić information content (AvgIpc) is 2.86. The minimum Gasteiger partial charge on any atom is -0.481 e. The molecule has 2 rings (SSSR count). The lowest BCUT2D eigenvalue weighted by Gasteiger charge is -2.09. The van der Waals surface area contributed by atoms with Crippen molar-refractivity contribution in [3.8, 4) is 24.3 Å². The van der Waals surface area contributed by atoms with Crippen LogP contribution in [0.1, 0.15) is 11.1 Å². The topological polar surface area (TPSA) is 132 Å². The van der Waals surface area contributed by atoms with E-state index in [1.54, 1.807) is 48.5 Å². The maximum Gasteiger partial charge on any atom is 0.315 e. The molecule has 0 saturated carbocycles. The van der Waals surface area contributed by atoms with Gasteiger partial charge in [-0.15, -0.1) is 0 Å². The largest absolute Gasteiger partial charge is 0.481 e. The van der Waals surface area contributed by atoms with Crippen LogP contribution in [0, 0.1) is 51.2 Å². The van der Waals surface area contributed by atoms with Crippen molar-refractivity contribution in [1.82, 2.24) is 0 Å². The van der Waals surface area contributed by atoms with Crippen molar-refractivity contribution in [3.63, 3.8) is 0 Å². The molecule has 1 N–H and O–H groups in total. The predicted octanol–water partition coefficient (Wildman–Crippen LogP) is 2.00. The summed E-state index contributed by atoms with van der Waals surface area (Å²) in [5.74, 6) is -2.71. The molecule has 1 aromatic rings. The molecule has 0 fully saturated rings. The Morgan fingerprint density at radius 3 is 1.50 bits per heavy atom. The number of fused-ring (bicyclic) bond motifs is 1. The van der Waals surface area contributed by atoms with Crippen LogP contribution in [-0.4, -0.2) is 11.1 Å². The highest BCUT2D eigenvalue weighted by Crippen LogP contribution is 2.48. The highest BCUT2D eigenvalue weighted by molar-refractivity contribution is 6.11. The molecule has 0 unspecified atom stereocenters. The van der Waals surface area contributed by atoms with Gasteiger partial charge >= 0.3 is 5.97 Å². The van der Waals surface area contributed by atoms with Gasteiger partial charge in [0, 0.05) is 11.1 Å². The zero-order valence-corrected chi connectivity index (χ0v) is 11.0. The van der Waals surface area contributed by atoms with E-state index in [1.807, 2.05) is 0 Å². The number of rotatable bonds is 1. The molecule has 0 radical (unpaired) electrons. The van der Waals surface area contributed by atoms with Crippen molar-refractivity contribution >= 4 is 17.1 Å². The molecular weight excluding hydrogens is 280 g/mol. The third-order valence-electron chi connectivity index (χ3n) is 3.32. The highest BCUT2D eigenvalue weighted by atomic mass is 16.4. The van der Waals surface area contributed by atoms with Crippen LogP contribution in [-0.2, 0) is 4.79 Å². The van der Waals surface area contributed by atoms with Gasteiger partial charge in [-0.2, -0.15) is 21.0 Å². The fraction of sp³-hybridized carbons (Fsp3) is 0.0625. The van der Waals surface area contributed by atoms with E-state index in [9.17, 15) is 9.90 Å². The maximum atomic E-state index is 11.7. The third kappa shape index (κ3) is 1.98. The van der Waals surface area contributed by atoms with E-state index in [0.717, 1.165) is 0 Å². The molecule has 0 amide bonds. The van der Waals surface area contributed by atoms with E-state index in [4.69, 9.17) is 21.0 Å². The molecule has 1 aliphatic rings. The molecule has 0 bridgehead atoms. The van der Waals surface area contributed by atoms with Gasteiger partial charge in [-0.3, -0.25) is 4.79 Å². The fourth-order valence-electron chi connectivity index (χ4n) is 2.50. The summed E-state index contributed by atoms with van der Waals surface area (Å²) in [7, 11) is 0. The number of hydrogen-bond donors (Lipinski definition) is 1. The van der Waals surface area contributed by atoms with Crippen LogP contribution in [0.2, 0.25) is 0 Å². The Balaban J connectivity index is 3.02. The Bertz CT molecular complexity index is 810. The molecule has 102 valence electrons. The first-order valence-corrected chi connectivity index (χ1v) is 6.02. The Morgan fingerprint density at radius 2 is 1.23 bits per heavy atom. The number of nitriles is 4. The monoisotopic (exact) mass is 286 g/mol. The highest BCUT2D eigenvalue weighted by Gasteiger charge is 2.41. The summed E-state index contributed by atoms with van der Waals surface area (Å²) in [5.41, 5.74) is 0.115. The summed E-state index contributed by atoms with van der Waals surface area (Å²) in [6.45, 7) is 0. The van der Waals surface area contributed by atoms with Crippen molar-refractivity contribution in [2.75, 3.05) is 0 Å². The van der Waals surface area contributed by atoms with Crippen LogP contribution in [0.15, 0.2) is 35.4 Å². The first-order chi connectivity index (χ1) is 10.6. The minimum atomic E-state index is -1.39. The Labute approximate surface area is 125 Å². The lowest BCUT2D eigenvalue weighted by Crippen LogP contribution is -2.14. The molecule has 6 heteroatoms. The van der Waals surface area contributed by atoms with Crippen LogP contribution in [0.3, 0.4) is 0 Å². The molecule has 0 aliphatic heterocycles. The number of nitrogens with zero attached hydrogens (tertiary/aromatic N) is 4. The summed E-state index contributed by atoms with van der Waals surface area (Å²) >= 11 is 0. The number of benzene rings is 1. The minimum absolute atomic E-state index is 0.0195. The number of carboxylic acids is 1. The molecule has 6 nitrogen and oxygen atoms in total. The Kier molecular flexibility index (Phi) is 3.72. The van der Waals surface area contributed by atoms with Crippen molar-refractivity contribution in [2.45, 2.75) is 0 Å². The van der Waals surface area contributed by atoms with Crippen LogP contribution in [0.25, 0.3) is 11.1 Å². The van der Waals surface area contributed by atoms with E-state index in [-0.39, 0.29) is 22.3 Å². The number of aliphatic carboxylic acids is 1. The second-order valence-electron chi connectivity index (χ2n) is 4.34. The number of allylic oxidation sites excluding steroid dienone is 2.